The topological polar surface area (TPSA) is 55.8 Å². The van der Waals surface area contributed by atoms with Gasteiger partial charge in [-0.2, -0.15) is 0 Å². The van der Waals surface area contributed by atoms with E-state index in [0.29, 0.717) is 6.61 Å². The van der Waals surface area contributed by atoms with Gasteiger partial charge in [0.15, 0.2) is 0 Å². The van der Waals surface area contributed by atoms with Crippen molar-refractivity contribution in [2.24, 2.45) is 5.41 Å². The van der Waals surface area contributed by atoms with E-state index in [4.69, 9.17) is 9.63 Å². The standard InChI is InChI=1S/C7H16O4P/c1-7(2,3)6-11-12(9)10-5-4-8/h8H,4-6H2,1-3H3/q+1. The molecule has 0 fully saturated rings. The van der Waals surface area contributed by atoms with Crippen molar-refractivity contribution in [2.45, 2.75) is 20.8 Å². The molecule has 0 bridgehead atoms. The van der Waals surface area contributed by atoms with Crippen LogP contribution in [0.25, 0.3) is 0 Å². The van der Waals surface area contributed by atoms with E-state index in [9.17, 15) is 4.57 Å². The van der Waals surface area contributed by atoms with Crippen LogP contribution < -0.4 is 0 Å². The molecule has 72 valence electrons. The molecule has 12 heavy (non-hydrogen) atoms. The second-order valence-corrected chi connectivity index (χ2v) is 4.58. The summed E-state index contributed by atoms with van der Waals surface area (Å²) in [6, 6.07) is 0. The third-order valence-electron chi connectivity index (χ3n) is 0.891. The van der Waals surface area contributed by atoms with Gasteiger partial charge in [0.05, 0.1) is 6.61 Å². The van der Waals surface area contributed by atoms with Crippen molar-refractivity contribution in [1.82, 2.24) is 0 Å². The molecule has 0 spiro atoms. The van der Waals surface area contributed by atoms with E-state index in [1.807, 2.05) is 20.8 Å². The number of hydrogen-bond acceptors (Lipinski definition) is 4. The van der Waals surface area contributed by atoms with Crippen LogP contribution in [0.5, 0.6) is 0 Å². The Kier molecular flexibility index (Phi) is 5.59. The summed E-state index contributed by atoms with van der Waals surface area (Å²) in [6.07, 6.45) is 0. The Bertz CT molecular complexity index is 141. The highest BCUT2D eigenvalue weighted by atomic mass is 31.1. The van der Waals surface area contributed by atoms with Gasteiger partial charge >= 0.3 is 8.25 Å². The molecule has 1 N–H and O–H groups in total. The third kappa shape index (κ3) is 8.08. The fraction of sp³-hybridized carbons (Fsp3) is 1.00. The highest BCUT2D eigenvalue weighted by Gasteiger charge is 2.24. The SMILES string of the molecule is CC(C)(C)CO[P+](=O)OCCO. The van der Waals surface area contributed by atoms with Gasteiger partial charge in [0.25, 0.3) is 0 Å². The molecule has 1 unspecified atom stereocenters. The van der Waals surface area contributed by atoms with Crippen LogP contribution in [-0.4, -0.2) is 24.9 Å². The highest BCUT2D eigenvalue weighted by molar-refractivity contribution is 7.33. The average molecular weight is 195 g/mol. The number of aliphatic hydroxyl groups excluding tert-OH is 1. The lowest BCUT2D eigenvalue weighted by atomic mass is 9.99. The fourth-order valence-electron chi connectivity index (χ4n) is 0.399. The van der Waals surface area contributed by atoms with E-state index in [2.05, 4.69) is 4.52 Å². The van der Waals surface area contributed by atoms with Gasteiger partial charge in [-0.3, -0.25) is 0 Å². The van der Waals surface area contributed by atoms with Crippen LogP contribution >= 0.6 is 8.25 Å². The lowest BCUT2D eigenvalue weighted by Crippen LogP contribution is -2.12. The molecule has 0 aromatic rings. The molecule has 0 saturated carbocycles. The summed E-state index contributed by atoms with van der Waals surface area (Å²) in [4.78, 5) is 0. The van der Waals surface area contributed by atoms with Gasteiger partial charge in [0, 0.05) is 4.57 Å². The van der Waals surface area contributed by atoms with Gasteiger partial charge in [-0.05, 0) is 5.41 Å². The van der Waals surface area contributed by atoms with E-state index in [0.717, 1.165) is 0 Å². The summed E-state index contributed by atoms with van der Waals surface area (Å²) in [5.74, 6) is 0. The predicted molar refractivity (Wildman–Crippen MR) is 46.1 cm³/mol. The Hall–Kier alpha value is -0.0200. The minimum absolute atomic E-state index is 0.0203. The summed E-state index contributed by atoms with van der Waals surface area (Å²) in [5.41, 5.74) is -0.0203. The summed E-state index contributed by atoms with van der Waals surface area (Å²) < 4.78 is 20.3. The van der Waals surface area contributed by atoms with Crippen molar-refractivity contribution < 1.29 is 18.7 Å². The molecule has 0 aromatic carbocycles. The molecule has 1 atom stereocenters. The molecule has 0 heterocycles. The van der Waals surface area contributed by atoms with Gasteiger partial charge in [0.1, 0.15) is 13.2 Å². The molecule has 0 saturated heterocycles. The Morgan fingerprint density at radius 2 is 1.92 bits per heavy atom. The average Bonchev–Trinajstić information content (AvgIpc) is 1.95. The zero-order chi connectivity index (χ0) is 9.61. The van der Waals surface area contributed by atoms with Crippen molar-refractivity contribution in [3.8, 4) is 0 Å². The number of rotatable bonds is 5. The van der Waals surface area contributed by atoms with E-state index in [1.165, 1.54) is 0 Å². The Morgan fingerprint density at radius 1 is 1.33 bits per heavy atom. The van der Waals surface area contributed by atoms with E-state index in [-0.39, 0.29) is 18.6 Å². The van der Waals surface area contributed by atoms with Gasteiger partial charge in [-0.25, -0.2) is 0 Å². The largest absolute Gasteiger partial charge is 0.697 e. The fourth-order valence-corrected chi connectivity index (χ4v) is 1.20. The monoisotopic (exact) mass is 195 g/mol. The van der Waals surface area contributed by atoms with Crippen LogP contribution in [-0.2, 0) is 13.6 Å². The Morgan fingerprint density at radius 3 is 2.33 bits per heavy atom. The maximum Gasteiger partial charge on any atom is 0.697 e. The summed E-state index contributed by atoms with van der Waals surface area (Å²) in [5, 5.41) is 8.33. The number of hydrogen-bond donors (Lipinski definition) is 1. The maximum absolute atomic E-state index is 10.8. The van der Waals surface area contributed by atoms with Crippen LogP contribution in [0.15, 0.2) is 0 Å². The Labute approximate surface area is 73.8 Å². The Balaban J connectivity index is 3.44. The molecule has 0 aromatic heterocycles. The van der Waals surface area contributed by atoms with Gasteiger partial charge in [-0.15, -0.1) is 9.05 Å². The molecular weight excluding hydrogens is 179 g/mol. The minimum Gasteiger partial charge on any atom is -0.394 e. The third-order valence-corrected chi connectivity index (χ3v) is 1.62. The molecule has 0 amide bonds. The second-order valence-electron chi connectivity index (χ2n) is 3.61. The first-order valence-electron chi connectivity index (χ1n) is 3.79. The zero-order valence-electron chi connectivity index (χ0n) is 7.74. The quantitative estimate of drug-likeness (QED) is 0.678. The molecule has 5 heteroatoms. The normalized spacial score (nSPS) is 13.2. The summed E-state index contributed by atoms with van der Waals surface area (Å²) in [7, 11) is -2.06. The van der Waals surface area contributed by atoms with E-state index in [1.54, 1.807) is 0 Å². The van der Waals surface area contributed by atoms with Crippen molar-refractivity contribution in [2.75, 3.05) is 19.8 Å². The summed E-state index contributed by atoms with van der Waals surface area (Å²) in [6.45, 7) is 6.22. The molecule has 0 rings (SSSR count). The van der Waals surface area contributed by atoms with Crippen LogP contribution in [0.3, 0.4) is 0 Å². The molecule has 0 radical (unpaired) electrons. The van der Waals surface area contributed by atoms with Gasteiger partial charge < -0.3 is 5.11 Å². The smallest absolute Gasteiger partial charge is 0.394 e. The molecule has 0 aliphatic carbocycles. The minimum atomic E-state index is -2.06. The van der Waals surface area contributed by atoms with Crippen LogP contribution in [0.2, 0.25) is 0 Å². The molecule has 0 aliphatic rings. The first-order chi connectivity index (χ1) is 5.45. The van der Waals surface area contributed by atoms with E-state index >= 15 is 0 Å². The van der Waals surface area contributed by atoms with E-state index < -0.39 is 8.25 Å². The second kappa shape index (κ2) is 5.60. The van der Waals surface area contributed by atoms with Crippen LogP contribution in [0.4, 0.5) is 0 Å². The summed E-state index contributed by atoms with van der Waals surface area (Å²) >= 11 is 0. The first-order valence-corrected chi connectivity index (χ1v) is 4.89. The van der Waals surface area contributed by atoms with Crippen molar-refractivity contribution in [3.05, 3.63) is 0 Å². The molecule has 4 nitrogen and oxygen atoms in total. The maximum atomic E-state index is 10.8. The van der Waals surface area contributed by atoms with Crippen molar-refractivity contribution >= 4 is 8.25 Å². The van der Waals surface area contributed by atoms with Crippen molar-refractivity contribution in [1.29, 1.82) is 0 Å². The van der Waals surface area contributed by atoms with Crippen molar-refractivity contribution in [3.63, 3.8) is 0 Å². The lowest BCUT2D eigenvalue weighted by molar-refractivity contribution is 0.146. The van der Waals surface area contributed by atoms with Crippen LogP contribution in [0.1, 0.15) is 20.8 Å². The molecular formula is C7H16O4P+. The van der Waals surface area contributed by atoms with Gasteiger partial charge in [0.2, 0.25) is 0 Å². The first kappa shape index (κ1) is 12.0. The zero-order valence-corrected chi connectivity index (χ0v) is 8.63. The highest BCUT2D eigenvalue weighted by Crippen LogP contribution is 2.27. The predicted octanol–water partition coefficient (Wildman–Crippen LogP) is 1.72. The van der Waals surface area contributed by atoms with Gasteiger partial charge in [-0.1, -0.05) is 20.8 Å². The lowest BCUT2D eigenvalue weighted by Gasteiger charge is -2.11. The van der Waals surface area contributed by atoms with Crippen LogP contribution in [0, 0.1) is 5.41 Å². The number of aliphatic hydroxyl groups is 1. The molecule has 0 aliphatic heterocycles.